The number of likely N-dealkylation sites (tertiary alicyclic amines) is 2. The number of hydrogen-bond acceptors (Lipinski definition) is 3. The van der Waals surface area contributed by atoms with E-state index in [1.54, 1.807) is 0 Å². The van der Waals surface area contributed by atoms with Crippen molar-refractivity contribution in [2.24, 2.45) is 5.92 Å². The number of rotatable bonds is 4. The van der Waals surface area contributed by atoms with Gasteiger partial charge < -0.3 is 10.2 Å². The molecule has 0 saturated carbocycles. The first-order chi connectivity index (χ1) is 12.6. The number of fused-ring (bicyclic) bond motifs is 2. The third-order valence-electron chi connectivity index (χ3n) is 6.48. The molecule has 4 heteroatoms. The van der Waals surface area contributed by atoms with Gasteiger partial charge in [0.25, 0.3) is 0 Å². The van der Waals surface area contributed by atoms with Crippen LogP contribution in [0, 0.1) is 19.8 Å². The molecule has 3 heterocycles. The van der Waals surface area contributed by atoms with E-state index in [1.165, 1.54) is 23.1 Å². The van der Waals surface area contributed by atoms with E-state index in [9.17, 15) is 4.79 Å². The lowest BCUT2D eigenvalue weighted by molar-refractivity contribution is -0.133. The van der Waals surface area contributed by atoms with Gasteiger partial charge in [0.15, 0.2) is 0 Å². The fraction of sp³-hybridized carbons (Fsp3) is 0.591. The summed E-state index contributed by atoms with van der Waals surface area (Å²) in [6.07, 6.45) is 8.04. The lowest BCUT2D eigenvalue weighted by atomic mass is 9.94. The molecule has 1 N–H and O–H groups in total. The van der Waals surface area contributed by atoms with Crippen molar-refractivity contribution in [1.82, 2.24) is 15.1 Å². The van der Waals surface area contributed by atoms with Crippen molar-refractivity contribution in [3.05, 3.63) is 41.0 Å². The van der Waals surface area contributed by atoms with Crippen LogP contribution in [0.15, 0.2) is 24.3 Å². The Labute approximate surface area is 157 Å². The molecule has 1 aromatic rings. The van der Waals surface area contributed by atoms with Crippen molar-refractivity contribution in [2.45, 2.75) is 45.2 Å². The summed E-state index contributed by atoms with van der Waals surface area (Å²) in [6.45, 7) is 8.88. The van der Waals surface area contributed by atoms with Crippen LogP contribution in [0.1, 0.15) is 36.0 Å². The number of piperazine rings is 1. The molecule has 1 amide bonds. The Morgan fingerprint density at radius 1 is 1.23 bits per heavy atom. The van der Waals surface area contributed by atoms with Crippen molar-refractivity contribution in [2.75, 3.05) is 32.7 Å². The summed E-state index contributed by atoms with van der Waals surface area (Å²) < 4.78 is 0. The number of piperidine rings is 1. The van der Waals surface area contributed by atoms with Crippen molar-refractivity contribution < 1.29 is 4.79 Å². The average Bonchev–Trinajstić information content (AvgIpc) is 3.25. The normalized spacial score (nSPS) is 26.9. The summed E-state index contributed by atoms with van der Waals surface area (Å²) in [4.78, 5) is 17.1. The second kappa shape index (κ2) is 7.53. The van der Waals surface area contributed by atoms with Gasteiger partial charge in [0.2, 0.25) is 5.91 Å². The highest BCUT2D eigenvalue weighted by Gasteiger charge is 2.38. The van der Waals surface area contributed by atoms with Crippen LogP contribution >= 0.6 is 0 Å². The van der Waals surface area contributed by atoms with Gasteiger partial charge in [-0.25, -0.2) is 0 Å². The third kappa shape index (κ3) is 3.72. The standard InChI is InChI=1S/C22H31N3O/c1-16-4-3-5-17(2)21(16)7-6-18-8-10-24(11-9-18)22(26)15-25-14-19-12-20(25)13-23-19/h3-7,18-20,23H,8-15H2,1-2H3/b7-6+/t19-,20-/m1/s1. The number of allylic oxidation sites excluding steroid dienone is 1. The van der Waals surface area contributed by atoms with Crippen LogP contribution in [0.5, 0.6) is 0 Å². The minimum Gasteiger partial charge on any atom is -0.342 e. The first-order valence-electron chi connectivity index (χ1n) is 10.1. The van der Waals surface area contributed by atoms with E-state index >= 15 is 0 Å². The summed E-state index contributed by atoms with van der Waals surface area (Å²) in [7, 11) is 0. The summed E-state index contributed by atoms with van der Waals surface area (Å²) in [5.74, 6) is 0.916. The molecule has 4 nitrogen and oxygen atoms in total. The predicted molar refractivity (Wildman–Crippen MR) is 106 cm³/mol. The quantitative estimate of drug-likeness (QED) is 0.904. The SMILES string of the molecule is Cc1cccc(C)c1/C=C/C1CCN(C(=O)CN2C[C@H]3C[C@@H]2CN3)CC1. The molecule has 3 aliphatic rings. The van der Waals surface area contributed by atoms with E-state index in [2.05, 4.69) is 59.3 Å². The number of nitrogens with zero attached hydrogens (tertiary/aromatic N) is 2. The van der Waals surface area contributed by atoms with E-state index in [4.69, 9.17) is 0 Å². The maximum atomic E-state index is 12.7. The van der Waals surface area contributed by atoms with Crippen LogP contribution in [0.3, 0.4) is 0 Å². The van der Waals surface area contributed by atoms with Gasteiger partial charge in [-0.05, 0) is 55.7 Å². The van der Waals surface area contributed by atoms with Gasteiger partial charge in [-0.2, -0.15) is 0 Å². The Kier molecular flexibility index (Phi) is 5.14. The van der Waals surface area contributed by atoms with E-state index in [1.807, 2.05) is 0 Å². The Hall–Kier alpha value is -1.65. The van der Waals surface area contributed by atoms with Crippen LogP contribution in [-0.2, 0) is 4.79 Å². The molecule has 4 rings (SSSR count). The molecular formula is C22H31N3O. The zero-order chi connectivity index (χ0) is 18.1. The molecule has 0 radical (unpaired) electrons. The highest BCUT2D eigenvalue weighted by Crippen LogP contribution is 2.25. The van der Waals surface area contributed by atoms with Gasteiger partial charge in [0.05, 0.1) is 6.54 Å². The molecule has 0 spiro atoms. The Morgan fingerprint density at radius 2 is 1.96 bits per heavy atom. The molecule has 3 saturated heterocycles. The molecule has 140 valence electrons. The molecule has 0 unspecified atom stereocenters. The zero-order valence-electron chi connectivity index (χ0n) is 16.1. The van der Waals surface area contributed by atoms with Crippen LogP contribution < -0.4 is 5.32 Å². The molecular weight excluding hydrogens is 322 g/mol. The summed E-state index contributed by atoms with van der Waals surface area (Å²) >= 11 is 0. The number of carbonyl (C=O) groups is 1. The number of nitrogens with one attached hydrogen (secondary N) is 1. The van der Waals surface area contributed by atoms with Gasteiger partial charge in [-0.3, -0.25) is 9.69 Å². The van der Waals surface area contributed by atoms with E-state index in [0.717, 1.165) is 39.0 Å². The van der Waals surface area contributed by atoms with Crippen LogP contribution in [-0.4, -0.2) is 60.5 Å². The zero-order valence-corrected chi connectivity index (χ0v) is 16.1. The van der Waals surface area contributed by atoms with Gasteiger partial charge in [0.1, 0.15) is 0 Å². The van der Waals surface area contributed by atoms with Crippen LogP contribution in [0.25, 0.3) is 6.08 Å². The van der Waals surface area contributed by atoms with Crippen LogP contribution in [0.4, 0.5) is 0 Å². The predicted octanol–water partition coefficient (Wildman–Crippen LogP) is 2.60. The van der Waals surface area contributed by atoms with Crippen LogP contribution in [0.2, 0.25) is 0 Å². The van der Waals surface area contributed by atoms with E-state index < -0.39 is 0 Å². The average molecular weight is 354 g/mol. The molecule has 2 atom stereocenters. The highest BCUT2D eigenvalue weighted by atomic mass is 16.2. The van der Waals surface area contributed by atoms with E-state index in [-0.39, 0.29) is 0 Å². The van der Waals surface area contributed by atoms with Crippen molar-refractivity contribution in [3.8, 4) is 0 Å². The van der Waals surface area contributed by atoms with Crippen molar-refractivity contribution in [1.29, 1.82) is 0 Å². The fourth-order valence-corrected chi connectivity index (χ4v) is 4.78. The first kappa shape index (κ1) is 17.7. The lowest BCUT2D eigenvalue weighted by Gasteiger charge is -2.34. The fourth-order valence-electron chi connectivity index (χ4n) is 4.78. The first-order valence-corrected chi connectivity index (χ1v) is 10.1. The Balaban J connectivity index is 1.27. The minimum absolute atomic E-state index is 0.328. The molecule has 3 fully saturated rings. The van der Waals surface area contributed by atoms with E-state index in [0.29, 0.717) is 30.5 Å². The van der Waals surface area contributed by atoms with Gasteiger partial charge in [-0.15, -0.1) is 0 Å². The number of hydrogen-bond donors (Lipinski definition) is 1. The lowest BCUT2D eigenvalue weighted by Crippen LogP contribution is -2.49. The molecule has 3 aliphatic heterocycles. The molecule has 26 heavy (non-hydrogen) atoms. The van der Waals surface area contributed by atoms with Crippen molar-refractivity contribution in [3.63, 3.8) is 0 Å². The summed E-state index contributed by atoms with van der Waals surface area (Å²) in [6, 6.07) is 7.67. The third-order valence-corrected chi connectivity index (χ3v) is 6.48. The largest absolute Gasteiger partial charge is 0.342 e. The number of benzene rings is 1. The Morgan fingerprint density at radius 3 is 2.58 bits per heavy atom. The maximum absolute atomic E-state index is 12.7. The molecule has 2 bridgehead atoms. The highest BCUT2D eigenvalue weighted by molar-refractivity contribution is 5.78. The summed E-state index contributed by atoms with van der Waals surface area (Å²) in [5, 5.41) is 3.51. The Bertz CT molecular complexity index is 670. The number of amides is 1. The van der Waals surface area contributed by atoms with Gasteiger partial charge in [0, 0.05) is 38.3 Å². The number of carbonyl (C=O) groups excluding carboxylic acids is 1. The molecule has 1 aromatic carbocycles. The van der Waals surface area contributed by atoms with Crippen molar-refractivity contribution >= 4 is 12.0 Å². The monoisotopic (exact) mass is 353 g/mol. The second-order valence-corrected chi connectivity index (χ2v) is 8.31. The topological polar surface area (TPSA) is 35.6 Å². The van der Waals surface area contributed by atoms with Gasteiger partial charge >= 0.3 is 0 Å². The molecule has 0 aliphatic carbocycles. The molecule has 0 aromatic heterocycles. The number of aryl methyl sites for hydroxylation is 2. The summed E-state index contributed by atoms with van der Waals surface area (Å²) in [5.41, 5.74) is 4.02. The second-order valence-electron chi connectivity index (χ2n) is 8.31. The smallest absolute Gasteiger partial charge is 0.236 e. The van der Waals surface area contributed by atoms with Gasteiger partial charge in [-0.1, -0.05) is 30.4 Å². The maximum Gasteiger partial charge on any atom is 0.236 e. The minimum atomic E-state index is 0.328.